The number of unbranched alkanes of at least 4 members (excludes halogenated alkanes) is 1. The number of rotatable bonds is 7. The Bertz CT molecular complexity index is 304. The van der Waals surface area contributed by atoms with E-state index in [-0.39, 0.29) is 0 Å². The first-order valence-electron chi connectivity index (χ1n) is 6.01. The van der Waals surface area contributed by atoms with Crippen LogP contribution < -0.4 is 4.74 Å². The van der Waals surface area contributed by atoms with Gasteiger partial charge in [0.1, 0.15) is 0 Å². The Balaban J connectivity index is 2.40. The highest BCUT2D eigenvalue weighted by Gasteiger charge is 2.08. The molecule has 1 unspecified atom stereocenters. The Hall–Kier alpha value is -0.760. The lowest BCUT2D eigenvalue weighted by atomic mass is 10.0. The third-order valence-electron chi connectivity index (χ3n) is 2.74. The van der Waals surface area contributed by atoms with Gasteiger partial charge in [-0.2, -0.15) is 0 Å². The average molecular weight is 242 g/mol. The second kappa shape index (κ2) is 7.50. The molecule has 1 atom stereocenters. The molecule has 3 heteroatoms. The van der Waals surface area contributed by atoms with E-state index in [2.05, 4.69) is 18.8 Å². The standard InChI is InChI=1S/C13H20ClNO/c1-3-5-7-11(4-2)10-16-12-8-6-9-15-13(12)14/h6,8-9,11H,3-5,7,10H2,1-2H3. The van der Waals surface area contributed by atoms with Gasteiger partial charge in [-0.05, 0) is 24.5 Å². The van der Waals surface area contributed by atoms with Crippen LogP contribution in [-0.2, 0) is 0 Å². The normalized spacial score (nSPS) is 12.4. The van der Waals surface area contributed by atoms with Crippen LogP contribution in [0.3, 0.4) is 0 Å². The molecule has 0 aliphatic heterocycles. The molecule has 0 saturated heterocycles. The topological polar surface area (TPSA) is 22.1 Å². The fourth-order valence-corrected chi connectivity index (χ4v) is 1.76. The maximum atomic E-state index is 5.92. The zero-order chi connectivity index (χ0) is 11.8. The largest absolute Gasteiger partial charge is 0.490 e. The van der Waals surface area contributed by atoms with Gasteiger partial charge in [-0.3, -0.25) is 0 Å². The van der Waals surface area contributed by atoms with Crippen molar-refractivity contribution in [3.8, 4) is 5.75 Å². The van der Waals surface area contributed by atoms with E-state index in [0.29, 0.717) is 16.8 Å². The van der Waals surface area contributed by atoms with E-state index in [1.54, 1.807) is 6.20 Å². The lowest BCUT2D eigenvalue weighted by molar-refractivity contribution is 0.233. The Labute approximate surface area is 103 Å². The molecule has 0 radical (unpaired) electrons. The molecule has 1 rings (SSSR count). The highest BCUT2D eigenvalue weighted by Crippen LogP contribution is 2.22. The van der Waals surface area contributed by atoms with Crippen molar-refractivity contribution in [2.24, 2.45) is 5.92 Å². The molecule has 2 nitrogen and oxygen atoms in total. The minimum absolute atomic E-state index is 0.452. The van der Waals surface area contributed by atoms with Gasteiger partial charge in [0.2, 0.25) is 0 Å². The Morgan fingerprint density at radius 2 is 2.25 bits per heavy atom. The maximum absolute atomic E-state index is 5.92. The molecular formula is C13H20ClNO. The van der Waals surface area contributed by atoms with E-state index in [9.17, 15) is 0 Å². The Morgan fingerprint density at radius 3 is 2.88 bits per heavy atom. The van der Waals surface area contributed by atoms with Crippen molar-refractivity contribution in [1.29, 1.82) is 0 Å². The first kappa shape index (κ1) is 13.3. The molecule has 0 amide bonds. The van der Waals surface area contributed by atoms with Crippen LogP contribution in [0.4, 0.5) is 0 Å². The molecule has 0 bridgehead atoms. The number of pyridine rings is 1. The van der Waals surface area contributed by atoms with E-state index in [1.165, 1.54) is 19.3 Å². The highest BCUT2D eigenvalue weighted by molar-refractivity contribution is 6.30. The van der Waals surface area contributed by atoms with Crippen LogP contribution >= 0.6 is 11.6 Å². The monoisotopic (exact) mass is 241 g/mol. The van der Waals surface area contributed by atoms with Crippen molar-refractivity contribution in [3.63, 3.8) is 0 Å². The molecule has 16 heavy (non-hydrogen) atoms. The van der Waals surface area contributed by atoms with Crippen LogP contribution in [0.5, 0.6) is 5.75 Å². The number of nitrogens with zero attached hydrogens (tertiary/aromatic N) is 1. The summed E-state index contributed by atoms with van der Waals surface area (Å²) in [5, 5.41) is 0.452. The van der Waals surface area contributed by atoms with Gasteiger partial charge in [0, 0.05) is 6.20 Å². The summed E-state index contributed by atoms with van der Waals surface area (Å²) in [6, 6.07) is 3.70. The van der Waals surface area contributed by atoms with Gasteiger partial charge in [-0.25, -0.2) is 4.98 Å². The lowest BCUT2D eigenvalue weighted by Gasteiger charge is -2.15. The van der Waals surface area contributed by atoms with Gasteiger partial charge in [0.15, 0.2) is 10.9 Å². The molecule has 0 aliphatic carbocycles. The number of aromatic nitrogens is 1. The molecule has 0 fully saturated rings. The van der Waals surface area contributed by atoms with Gasteiger partial charge in [0.25, 0.3) is 0 Å². The second-order valence-corrected chi connectivity index (χ2v) is 4.38. The van der Waals surface area contributed by atoms with Crippen molar-refractivity contribution >= 4 is 11.6 Å². The predicted octanol–water partition coefficient (Wildman–Crippen LogP) is 4.33. The summed E-state index contributed by atoms with van der Waals surface area (Å²) in [5.74, 6) is 1.32. The molecular weight excluding hydrogens is 222 g/mol. The average Bonchev–Trinajstić information content (AvgIpc) is 2.31. The molecule has 1 aromatic rings. The zero-order valence-corrected chi connectivity index (χ0v) is 10.8. The summed E-state index contributed by atoms with van der Waals surface area (Å²) in [5.41, 5.74) is 0. The van der Waals surface area contributed by atoms with Crippen LogP contribution in [0, 0.1) is 5.92 Å². The number of hydrogen-bond acceptors (Lipinski definition) is 2. The summed E-state index contributed by atoms with van der Waals surface area (Å²) in [7, 11) is 0. The van der Waals surface area contributed by atoms with Gasteiger partial charge in [0.05, 0.1) is 6.61 Å². The lowest BCUT2D eigenvalue weighted by Crippen LogP contribution is -2.11. The third kappa shape index (κ3) is 4.40. The minimum atomic E-state index is 0.452. The van der Waals surface area contributed by atoms with Crippen molar-refractivity contribution in [1.82, 2.24) is 4.98 Å². The fraction of sp³-hybridized carbons (Fsp3) is 0.615. The molecule has 0 saturated carbocycles. The molecule has 90 valence electrons. The molecule has 0 aliphatic rings. The second-order valence-electron chi connectivity index (χ2n) is 4.02. The van der Waals surface area contributed by atoms with E-state index in [4.69, 9.17) is 16.3 Å². The summed E-state index contributed by atoms with van der Waals surface area (Å²) in [6.07, 6.45) is 6.55. The van der Waals surface area contributed by atoms with Crippen molar-refractivity contribution in [2.75, 3.05) is 6.61 Å². The zero-order valence-electron chi connectivity index (χ0n) is 10.1. The predicted molar refractivity (Wildman–Crippen MR) is 68.0 cm³/mol. The van der Waals surface area contributed by atoms with Crippen LogP contribution in [0.1, 0.15) is 39.5 Å². The van der Waals surface area contributed by atoms with Gasteiger partial charge >= 0.3 is 0 Å². The van der Waals surface area contributed by atoms with Crippen molar-refractivity contribution in [3.05, 3.63) is 23.5 Å². The van der Waals surface area contributed by atoms with Crippen LogP contribution in [0.25, 0.3) is 0 Å². The van der Waals surface area contributed by atoms with E-state index in [1.807, 2.05) is 12.1 Å². The number of ether oxygens (including phenoxy) is 1. The minimum Gasteiger partial charge on any atom is -0.490 e. The third-order valence-corrected chi connectivity index (χ3v) is 3.03. The van der Waals surface area contributed by atoms with Crippen LogP contribution in [0.2, 0.25) is 5.15 Å². The first-order chi connectivity index (χ1) is 7.77. The molecule has 0 aromatic carbocycles. The van der Waals surface area contributed by atoms with Crippen LogP contribution in [0.15, 0.2) is 18.3 Å². The van der Waals surface area contributed by atoms with E-state index in [0.717, 1.165) is 13.0 Å². The quantitative estimate of drug-likeness (QED) is 0.663. The summed E-state index contributed by atoms with van der Waals surface area (Å²) < 4.78 is 5.69. The van der Waals surface area contributed by atoms with Crippen LogP contribution in [-0.4, -0.2) is 11.6 Å². The maximum Gasteiger partial charge on any atom is 0.171 e. The number of halogens is 1. The molecule has 0 spiro atoms. The van der Waals surface area contributed by atoms with Gasteiger partial charge in [-0.1, -0.05) is 44.7 Å². The fourth-order valence-electron chi connectivity index (χ4n) is 1.58. The molecule has 1 aromatic heterocycles. The van der Waals surface area contributed by atoms with Gasteiger partial charge < -0.3 is 4.74 Å². The van der Waals surface area contributed by atoms with Crippen molar-refractivity contribution in [2.45, 2.75) is 39.5 Å². The highest BCUT2D eigenvalue weighted by atomic mass is 35.5. The number of hydrogen-bond donors (Lipinski definition) is 0. The molecule has 1 heterocycles. The summed E-state index contributed by atoms with van der Waals surface area (Å²) >= 11 is 5.92. The first-order valence-corrected chi connectivity index (χ1v) is 6.39. The van der Waals surface area contributed by atoms with Gasteiger partial charge in [-0.15, -0.1) is 0 Å². The Kier molecular flexibility index (Phi) is 6.24. The Morgan fingerprint density at radius 1 is 1.44 bits per heavy atom. The molecule has 0 N–H and O–H groups in total. The van der Waals surface area contributed by atoms with E-state index >= 15 is 0 Å². The SMILES string of the molecule is CCCCC(CC)COc1cccnc1Cl. The summed E-state index contributed by atoms with van der Waals surface area (Å²) in [4.78, 5) is 3.99. The summed E-state index contributed by atoms with van der Waals surface area (Å²) in [6.45, 7) is 5.15. The van der Waals surface area contributed by atoms with Crippen molar-refractivity contribution < 1.29 is 4.74 Å². The smallest absolute Gasteiger partial charge is 0.171 e. The van der Waals surface area contributed by atoms with E-state index < -0.39 is 0 Å².